The van der Waals surface area contributed by atoms with Crippen molar-refractivity contribution in [3.05, 3.63) is 89.2 Å². The number of allylic oxidation sites excluding steroid dienone is 3. The Kier molecular flexibility index (Phi) is 4.85. The predicted octanol–water partition coefficient (Wildman–Crippen LogP) is 4.69. The van der Waals surface area contributed by atoms with Crippen LogP contribution in [0, 0.1) is 0 Å². The Morgan fingerprint density at radius 3 is 2.59 bits per heavy atom. The van der Waals surface area contributed by atoms with Crippen molar-refractivity contribution in [1.29, 1.82) is 0 Å². The summed E-state index contributed by atoms with van der Waals surface area (Å²) in [5, 5.41) is 2.94. The van der Waals surface area contributed by atoms with Crippen LogP contribution in [-0.2, 0) is 16.6 Å². The number of rotatable bonds is 5. The van der Waals surface area contributed by atoms with Gasteiger partial charge in [0.05, 0.1) is 0 Å². The lowest BCUT2D eigenvalue weighted by Gasteiger charge is -2.41. The summed E-state index contributed by atoms with van der Waals surface area (Å²) in [5.41, 5.74) is 2.62. The zero-order valence-electron chi connectivity index (χ0n) is 15.7. The highest BCUT2D eigenvalue weighted by Gasteiger charge is 2.49. The Hall–Kier alpha value is -2.81. The van der Waals surface area contributed by atoms with E-state index >= 15 is 0 Å². The smallest absolute Gasteiger partial charge is 0.235 e. The Bertz CT molecular complexity index is 898. The summed E-state index contributed by atoms with van der Waals surface area (Å²) >= 11 is 0. The monoisotopic (exact) mass is 359 g/mol. The van der Waals surface area contributed by atoms with Crippen LogP contribution >= 0.6 is 0 Å². The number of fused-ring (bicyclic) bond motifs is 2. The van der Waals surface area contributed by atoms with Crippen LogP contribution in [0.1, 0.15) is 36.8 Å². The quantitative estimate of drug-likeness (QED) is 0.841. The van der Waals surface area contributed by atoms with Gasteiger partial charge < -0.3 is 10.1 Å². The molecule has 1 aliphatic carbocycles. The second-order valence-electron chi connectivity index (χ2n) is 7.19. The van der Waals surface area contributed by atoms with E-state index in [1.807, 2.05) is 30.3 Å². The van der Waals surface area contributed by atoms with Crippen LogP contribution in [-0.4, -0.2) is 13.0 Å². The molecule has 3 nitrogen and oxygen atoms in total. The molecule has 0 aromatic heterocycles. The zero-order valence-corrected chi connectivity index (χ0v) is 15.7. The van der Waals surface area contributed by atoms with E-state index in [-0.39, 0.29) is 5.91 Å². The third-order valence-corrected chi connectivity index (χ3v) is 5.61. The molecule has 1 heterocycles. The fraction of sp³-hybridized carbons (Fsp3) is 0.292. The summed E-state index contributed by atoms with van der Waals surface area (Å²) in [5.74, 6) is 1.69. The first kappa shape index (κ1) is 17.6. The molecule has 4 rings (SSSR count). The molecule has 1 aliphatic heterocycles. The van der Waals surface area contributed by atoms with E-state index in [0.717, 1.165) is 54.7 Å². The highest BCUT2D eigenvalue weighted by Crippen LogP contribution is 2.50. The van der Waals surface area contributed by atoms with Crippen LogP contribution in [0.25, 0.3) is 0 Å². The van der Waals surface area contributed by atoms with Crippen molar-refractivity contribution in [3.8, 4) is 5.75 Å². The van der Waals surface area contributed by atoms with E-state index in [4.69, 9.17) is 4.74 Å². The molecule has 1 N–H and O–H groups in total. The average Bonchev–Trinajstić information content (AvgIpc) is 2.73. The van der Waals surface area contributed by atoms with E-state index in [2.05, 4.69) is 41.7 Å². The van der Waals surface area contributed by atoms with Crippen molar-refractivity contribution in [3.63, 3.8) is 0 Å². The second kappa shape index (κ2) is 7.43. The summed E-state index contributed by atoms with van der Waals surface area (Å²) in [4.78, 5) is 13.3. The third kappa shape index (κ3) is 3.08. The van der Waals surface area contributed by atoms with Gasteiger partial charge in [0.15, 0.2) is 0 Å². The van der Waals surface area contributed by atoms with Crippen LogP contribution in [0.4, 0.5) is 0 Å². The van der Waals surface area contributed by atoms with Crippen molar-refractivity contribution < 1.29 is 9.53 Å². The minimum absolute atomic E-state index is 0.0466. The van der Waals surface area contributed by atoms with E-state index in [1.54, 1.807) is 7.05 Å². The van der Waals surface area contributed by atoms with Gasteiger partial charge in [-0.3, -0.25) is 4.79 Å². The molecule has 1 amide bonds. The molecule has 0 bridgehead atoms. The van der Waals surface area contributed by atoms with Crippen molar-refractivity contribution in [1.82, 2.24) is 5.32 Å². The summed E-state index contributed by atoms with van der Waals surface area (Å²) in [6, 6.07) is 18.4. The fourth-order valence-electron chi connectivity index (χ4n) is 4.35. The predicted molar refractivity (Wildman–Crippen MR) is 108 cm³/mol. The van der Waals surface area contributed by atoms with Gasteiger partial charge in [-0.2, -0.15) is 0 Å². The molecule has 0 spiro atoms. The maximum atomic E-state index is 13.3. The second-order valence-corrected chi connectivity index (χ2v) is 7.19. The maximum absolute atomic E-state index is 13.3. The number of carbonyl (C=O) groups excluding carboxylic acids is 1. The van der Waals surface area contributed by atoms with E-state index < -0.39 is 5.41 Å². The van der Waals surface area contributed by atoms with Gasteiger partial charge in [-0.15, -0.1) is 0 Å². The van der Waals surface area contributed by atoms with Gasteiger partial charge in [-0.1, -0.05) is 54.6 Å². The van der Waals surface area contributed by atoms with Gasteiger partial charge >= 0.3 is 0 Å². The molecular formula is C24H25NO2. The molecule has 0 radical (unpaired) electrons. The molecule has 0 saturated carbocycles. The van der Waals surface area contributed by atoms with Gasteiger partial charge in [0.2, 0.25) is 5.91 Å². The van der Waals surface area contributed by atoms with Crippen LogP contribution in [0.5, 0.6) is 5.75 Å². The number of para-hydroxylation sites is 1. The molecule has 2 aliphatic rings. The highest BCUT2D eigenvalue weighted by atomic mass is 16.5. The molecule has 1 atom stereocenters. The summed E-state index contributed by atoms with van der Waals surface area (Å²) < 4.78 is 6.16. The van der Waals surface area contributed by atoms with Crippen LogP contribution in [0.2, 0.25) is 0 Å². The number of nitrogens with one attached hydrogen (secondary N) is 1. The van der Waals surface area contributed by atoms with Crippen LogP contribution in [0.15, 0.2) is 78.1 Å². The first-order chi connectivity index (χ1) is 13.3. The molecule has 2 aromatic rings. The largest absolute Gasteiger partial charge is 0.457 e. The van der Waals surface area contributed by atoms with Crippen molar-refractivity contribution in [2.75, 3.05) is 7.05 Å². The number of ether oxygens (including phenoxy) is 1. The van der Waals surface area contributed by atoms with Crippen molar-refractivity contribution >= 4 is 5.91 Å². The lowest BCUT2D eigenvalue weighted by atomic mass is 9.66. The summed E-state index contributed by atoms with van der Waals surface area (Å²) in [6.07, 6.45) is 8.86. The normalized spacial score (nSPS) is 20.5. The fourth-order valence-corrected chi connectivity index (χ4v) is 4.35. The summed E-state index contributed by atoms with van der Waals surface area (Å²) in [7, 11) is 1.73. The first-order valence-corrected chi connectivity index (χ1v) is 9.70. The van der Waals surface area contributed by atoms with E-state index in [9.17, 15) is 4.79 Å². The van der Waals surface area contributed by atoms with Gasteiger partial charge in [-0.05, 0) is 49.8 Å². The first-order valence-electron chi connectivity index (χ1n) is 9.70. The number of aryl methyl sites for hydroxylation is 1. The minimum Gasteiger partial charge on any atom is -0.457 e. The number of hydrogen-bond donors (Lipinski definition) is 1. The van der Waals surface area contributed by atoms with Crippen molar-refractivity contribution in [2.45, 2.75) is 37.5 Å². The molecule has 1 unspecified atom stereocenters. The van der Waals surface area contributed by atoms with E-state index in [0.29, 0.717) is 0 Å². The molecule has 138 valence electrons. The average molecular weight is 359 g/mol. The Morgan fingerprint density at radius 1 is 1.04 bits per heavy atom. The summed E-state index contributed by atoms with van der Waals surface area (Å²) in [6.45, 7) is 0. The Balaban J connectivity index is 1.75. The van der Waals surface area contributed by atoms with Crippen LogP contribution in [0.3, 0.4) is 0 Å². The number of hydrogen-bond acceptors (Lipinski definition) is 2. The lowest BCUT2D eigenvalue weighted by Crippen LogP contribution is -2.48. The van der Waals surface area contributed by atoms with Gasteiger partial charge in [-0.25, -0.2) is 0 Å². The SMILES string of the molecule is CNC(=O)C1(CCCc2ccccc2)C2=CCCC=C2Oc2ccccc21. The lowest BCUT2D eigenvalue weighted by molar-refractivity contribution is -0.125. The molecule has 0 saturated heterocycles. The van der Waals surface area contributed by atoms with Gasteiger partial charge in [0.1, 0.15) is 16.9 Å². The topological polar surface area (TPSA) is 38.3 Å². The Morgan fingerprint density at radius 2 is 1.78 bits per heavy atom. The standard InChI is InChI=1S/C24H25NO2/c1-25-23(26)24(17-9-12-18-10-3-2-4-11-18)19-13-5-7-15-21(19)27-22-16-8-6-14-20(22)24/h2-5,7,10-11,13-16H,6,8-9,12,17H2,1H3,(H,25,26). The number of amides is 1. The minimum atomic E-state index is -0.690. The van der Waals surface area contributed by atoms with Crippen LogP contribution < -0.4 is 10.1 Å². The number of benzene rings is 2. The van der Waals surface area contributed by atoms with Gasteiger partial charge in [0, 0.05) is 18.2 Å². The molecule has 27 heavy (non-hydrogen) atoms. The maximum Gasteiger partial charge on any atom is 0.235 e. The van der Waals surface area contributed by atoms with E-state index in [1.165, 1.54) is 5.56 Å². The highest BCUT2D eigenvalue weighted by molar-refractivity contribution is 5.94. The van der Waals surface area contributed by atoms with Gasteiger partial charge in [0.25, 0.3) is 0 Å². The molecular weight excluding hydrogens is 334 g/mol. The zero-order chi connectivity index (χ0) is 18.7. The molecule has 0 fully saturated rings. The third-order valence-electron chi connectivity index (χ3n) is 5.61. The molecule has 2 aromatic carbocycles. The van der Waals surface area contributed by atoms with Crippen molar-refractivity contribution in [2.24, 2.45) is 0 Å². The number of likely N-dealkylation sites (N-methyl/N-ethyl adjacent to an activating group) is 1. The Labute approximate surface area is 160 Å². The number of carbonyl (C=O) groups is 1. The molecule has 3 heteroatoms.